The molecule has 2 N–H and O–H groups in total. The lowest BCUT2D eigenvalue weighted by Crippen LogP contribution is -2.50. The molecule has 5 atom stereocenters. The van der Waals surface area contributed by atoms with E-state index in [-0.39, 0.29) is 5.41 Å². The number of aryl methyl sites for hydroxylation is 1. The molecule has 2 nitrogen and oxygen atoms in total. The zero-order valence-electron chi connectivity index (χ0n) is 14.1. The van der Waals surface area contributed by atoms with Crippen LogP contribution >= 0.6 is 0 Å². The minimum atomic E-state index is -0.947. The van der Waals surface area contributed by atoms with Gasteiger partial charge in [-0.25, -0.2) is 0 Å². The Hall–Kier alpha value is -1.46. The van der Waals surface area contributed by atoms with Crippen LogP contribution in [0.2, 0.25) is 0 Å². The topological polar surface area (TPSA) is 40.5 Å². The van der Waals surface area contributed by atoms with Crippen LogP contribution in [0.4, 0.5) is 0 Å². The third-order valence-electron chi connectivity index (χ3n) is 7.49. The normalized spacial score (nSPS) is 41.6. The first-order chi connectivity index (χ1) is 10.9. The van der Waals surface area contributed by atoms with E-state index in [0.717, 1.165) is 38.5 Å². The molecule has 3 aliphatic carbocycles. The number of fused-ring (bicyclic) bond motifs is 5. The Balaban J connectivity index is 1.77. The lowest BCUT2D eigenvalue weighted by Gasteiger charge is -2.52. The number of phenols is 1. The van der Waals surface area contributed by atoms with Gasteiger partial charge in [-0.3, -0.25) is 0 Å². The van der Waals surface area contributed by atoms with Crippen molar-refractivity contribution in [1.82, 2.24) is 0 Å². The monoisotopic (exact) mass is 310 g/mol. The van der Waals surface area contributed by atoms with Crippen molar-refractivity contribution in [2.45, 2.75) is 63.9 Å². The molecule has 2 fully saturated rings. The summed E-state index contributed by atoms with van der Waals surface area (Å²) in [5.41, 5.74) is 2.74. The SMILES string of the molecule is C#C[C@]1(O)CC[C@H]2[C@@H]3CCc4c(C)ccc(O)c4[C@H]3CC[C@@]21C. The second kappa shape index (κ2) is 4.77. The summed E-state index contributed by atoms with van der Waals surface area (Å²) >= 11 is 0. The van der Waals surface area contributed by atoms with Gasteiger partial charge >= 0.3 is 0 Å². The largest absolute Gasteiger partial charge is 0.508 e. The molecule has 1 aromatic rings. The van der Waals surface area contributed by atoms with E-state index in [2.05, 4.69) is 19.8 Å². The van der Waals surface area contributed by atoms with Gasteiger partial charge in [0.25, 0.3) is 0 Å². The molecule has 0 saturated heterocycles. The van der Waals surface area contributed by atoms with Crippen LogP contribution in [0.15, 0.2) is 12.1 Å². The Labute approximate surface area is 138 Å². The van der Waals surface area contributed by atoms with Crippen LogP contribution in [0.1, 0.15) is 61.6 Å². The smallest absolute Gasteiger partial charge is 0.130 e. The summed E-state index contributed by atoms with van der Waals surface area (Å²) in [5.74, 6) is 4.62. The quantitative estimate of drug-likeness (QED) is 0.713. The van der Waals surface area contributed by atoms with E-state index in [0.29, 0.717) is 23.5 Å². The van der Waals surface area contributed by atoms with Crippen molar-refractivity contribution in [1.29, 1.82) is 0 Å². The minimum absolute atomic E-state index is 0.167. The summed E-state index contributed by atoms with van der Waals surface area (Å²) < 4.78 is 0. The van der Waals surface area contributed by atoms with Gasteiger partial charge in [0.15, 0.2) is 0 Å². The van der Waals surface area contributed by atoms with E-state index in [9.17, 15) is 10.2 Å². The van der Waals surface area contributed by atoms with Crippen LogP contribution in [0.3, 0.4) is 0 Å². The van der Waals surface area contributed by atoms with Crippen molar-refractivity contribution in [3.8, 4) is 18.1 Å². The van der Waals surface area contributed by atoms with Crippen LogP contribution in [0.5, 0.6) is 5.75 Å². The fourth-order valence-corrected chi connectivity index (χ4v) is 6.12. The summed E-state index contributed by atoms with van der Waals surface area (Å²) in [4.78, 5) is 0. The van der Waals surface area contributed by atoms with E-state index in [1.54, 1.807) is 0 Å². The van der Waals surface area contributed by atoms with Crippen molar-refractivity contribution in [3.05, 3.63) is 28.8 Å². The van der Waals surface area contributed by atoms with E-state index in [4.69, 9.17) is 6.42 Å². The molecule has 0 spiro atoms. The highest BCUT2D eigenvalue weighted by atomic mass is 16.3. The molecular weight excluding hydrogens is 284 g/mol. The number of terminal acetylenes is 1. The fraction of sp³-hybridized carbons (Fsp3) is 0.619. The standard InChI is InChI=1S/C21H26O2/c1-4-21(23)12-10-17-15-7-6-14-13(2)5-8-18(22)19(14)16(15)9-11-20(17,21)3/h1,5,8,15-17,22-23H,6-7,9-12H2,2-3H3/t15-,16+,17+,20+,21+/m1/s1. The number of phenolic OH excluding ortho intramolecular Hbond substituents is 1. The van der Waals surface area contributed by atoms with Crippen LogP contribution < -0.4 is 0 Å². The highest BCUT2D eigenvalue weighted by Gasteiger charge is 2.61. The Bertz CT molecular complexity index is 701. The summed E-state index contributed by atoms with van der Waals surface area (Å²) in [7, 11) is 0. The average Bonchev–Trinajstić information content (AvgIpc) is 2.83. The molecule has 0 heterocycles. The van der Waals surface area contributed by atoms with Crippen molar-refractivity contribution in [2.75, 3.05) is 0 Å². The second-order valence-corrected chi connectivity index (χ2v) is 8.21. The van der Waals surface area contributed by atoms with Crippen LogP contribution in [0, 0.1) is 36.5 Å². The second-order valence-electron chi connectivity index (χ2n) is 8.21. The molecule has 4 rings (SSSR count). The van der Waals surface area contributed by atoms with E-state index in [1.807, 2.05) is 12.1 Å². The third kappa shape index (κ3) is 1.81. The van der Waals surface area contributed by atoms with Crippen LogP contribution in [-0.2, 0) is 6.42 Å². The average molecular weight is 310 g/mol. The predicted molar refractivity (Wildman–Crippen MR) is 91.2 cm³/mol. The van der Waals surface area contributed by atoms with Gasteiger partial charge in [-0.05, 0) is 80.4 Å². The Morgan fingerprint density at radius 1 is 1.22 bits per heavy atom. The number of hydrogen-bond acceptors (Lipinski definition) is 2. The molecule has 0 aromatic heterocycles. The van der Waals surface area contributed by atoms with Gasteiger partial charge < -0.3 is 10.2 Å². The molecule has 2 saturated carbocycles. The number of aliphatic hydroxyl groups is 1. The van der Waals surface area contributed by atoms with Gasteiger partial charge in [-0.2, -0.15) is 0 Å². The zero-order chi connectivity index (χ0) is 16.4. The molecular formula is C21H26O2. The highest BCUT2D eigenvalue weighted by molar-refractivity contribution is 5.48. The van der Waals surface area contributed by atoms with Gasteiger partial charge in [-0.1, -0.05) is 18.9 Å². The Morgan fingerprint density at radius 3 is 2.74 bits per heavy atom. The maximum atomic E-state index is 11.0. The predicted octanol–water partition coefficient (Wildman–Crippen LogP) is 3.92. The van der Waals surface area contributed by atoms with Crippen molar-refractivity contribution in [3.63, 3.8) is 0 Å². The molecule has 1 aromatic carbocycles. The molecule has 0 amide bonds. The molecule has 122 valence electrons. The molecule has 0 aliphatic heterocycles. The van der Waals surface area contributed by atoms with Gasteiger partial charge in [0, 0.05) is 11.0 Å². The number of rotatable bonds is 0. The molecule has 0 bridgehead atoms. The van der Waals surface area contributed by atoms with Gasteiger partial charge in [0.05, 0.1) is 0 Å². The first-order valence-corrected chi connectivity index (χ1v) is 8.93. The van der Waals surface area contributed by atoms with Crippen molar-refractivity contribution in [2.24, 2.45) is 17.3 Å². The number of hydrogen-bond donors (Lipinski definition) is 2. The zero-order valence-corrected chi connectivity index (χ0v) is 14.1. The summed E-state index contributed by atoms with van der Waals surface area (Å²) in [5, 5.41) is 21.4. The van der Waals surface area contributed by atoms with Crippen molar-refractivity contribution >= 4 is 0 Å². The van der Waals surface area contributed by atoms with Crippen molar-refractivity contribution < 1.29 is 10.2 Å². The van der Waals surface area contributed by atoms with E-state index in [1.165, 1.54) is 16.7 Å². The number of benzene rings is 1. The highest BCUT2D eigenvalue weighted by Crippen LogP contribution is 2.64. The lowest BCUT2D eigenvalue weighted by atomic mass is 9.53. The Kier molecular flexibility index (Phi) is 3.13. The van der Waals surface area contributed by atoms with E-state index >= 15 is 0 Å². The van der Waals surface area contributed by atoms with Gasteiger partial charge in [0.2, 0.25) is 0 Å². The van der Waals surface area contributed by atoms with Gasteiger partial charge in [-0.15, -0.1) is 6.42 Å². The lowest BCUT2D eigenvalue weighted by molar-refractivity contribution is -0.0648. The fourth-order valence-electron chi connectivity index (χ4n) is 6.12. The molecule has 23 heavy (non-hydrogen) atoms. The minimum Gasteiger partial charge on any atom is -0.508 e. The summed E-state index contributed by atoms with van der Waals surface area (Å²) in [6.07, 6.45) is 11.6. The first-order valence-electron chi connectivity index (χ1n) is 8.93. The molecule has 3 aliphatic rings. The maximum Gasteiger partial charge on any atom is 0.130 e. The van der Waals surface area contributed by atoms with Gasteiger partial charge in [0.1, 0.15) is 11.4 Å². The maximum absolute atomic E-state index is 11.0. The summed E-state index contributed by atoms with van der Waals surface area (Å²) in [6.45, 7) is 4.35. The number of aromatic hydroxyl groups is 1. The van der Waals surface area contributed by atoms with E-state index < -0.39 is 5.60 Å². The first kappa shape index (κ1) is 15.1. The molecule has 0 unspecified atom stereocenters. The summed E-state index contributed by atoms with van der Waals surface area (Å²) in [6, 6.07) is 3.89. The molecule has 0 radical (unpaired) electrons. The van der Waals surface area contributed by atoms with Crippen LogP contribution in [-0.4, -0.2) is 15.8 Å². The van der Waals surface area contributed by atoms with Crippen LogP contribution in [0.25, 0.3) is 0 Å². The Morgan fingerprint density at radius 2 is 2.00 bits per heavy atom. The molecule has 2 heteroatoms. The third-order valence-corrected chi connectivity index (χ3v) is 7.49.